The van der Waals surface area contributed by atoms with Gasteiger partial charge in [-0.1, -0.05) is 31.5 Å². The van der Waals surface area contributed by atoms with Crippen LogP contribution in [-0.4, -0.2) is 33.7 Å². The maximum Gasteiger partial charge on any atom is 0.264 e. The van der Waals surface area contributed by atoms with E-state index in [9.17, 15) is 17.6 Å². The van der Waals surface area contributed by atoms with E-state index in [4.69, 9.17) is 4.74 Å². The van der Waals surface area contributed by atoms with E-state index < -0.39 is 28.3 Å². The smallest absolute Gasteiger partial charge is 0.264 e. The Morgan fingerprint density at radius 3 is 2.26 bits per heavy atom. The average Bonchev–Trinajstić information content (AvgIpc) is 2.83. The molecular formula is C26H28FN3O4S. The zero-order chi connectivity index (χ0) is 25.4. The lowest BCUT2D eigenvalue weighted by molar-refractivity contribution is -0.119. The summed E-state index contributed by atoms with van der Waals surface area (Å²) in [5.41, 5.74) is 4.12. The van der Waals surface area contributed by atoms with Crippen LogP contribution < -0.4 is 14.5 Å². The summed E-state index contributed by atoms with van der Waals surface area (Å²) in [5, 5.41) is 3.93. The Bertz CT molecular complexity index is 1260. The van der Waals surface area contributed by atoms with Crippen LogP contribution in [0, 0.1) is 18.7 Å². The fraction of sp³-hybridized carbons (Fsp3) is 0.231. The molecule has 3 aromatic carbocycles. The van der Waals surface area contributed by atoms with Gasteiger partial charge < -0.3 is 4.74 Å². The van der Waals surface area contributed by atoms with Gasteiger partial charge in [0.2, 0.25) is 0 Å². The summed E-state index contributed by atoms with van der Waals surface area (Å²) < 4.78 is 46.6. The predicted molar refractivity (Wildman–Crippen MR) is 135 cm³/mol. The third-order valence-corrected chi connectivity index (χ3v) is 6.67. The molecule has 0 saturated carbocycles. The Labute approximate surface area is 205 Å². The Morgan fingerprint density at radius 1 is 1.03 bits per heavy atom. The standard InChI is InChI=1S/C26H28FN3O4S/c1-19(2)18-34-24-12-6-21(7-13-24)16-28-29-26(31)17-30(23-10-8-22(27)9-11-23)35(32,33)25-14-4-20(3)5-15-25/h4-16,19H,17-18H2,1-3H3,(H,29,31)/b28-16-. The van der Waals surface area contributed by atoms with Crippen molar-refractivity contribution in [3.05, 3.63) is 89.7 Å². The SMILES string of the molecule is Cc1ccc(S(=O)(=O)N(CC(=O)N/N=C\c2ccc(OCC(C)C)cc2)c2ccc(F)cc2)cc1. The maximum atomic E-state index is 13.4. The normalized spacial score (nSPS) is 11.6. The van der Waals surface area contributed by atoms with Crippen molar-refractivity contribution in [2.45, 2.75) is 25.7 Å². The minimum atomic E-state index is -4.09. The highest BCUT2D eigenvalue weighted by atomic mass is 32.2. The number of ether oxygens (including phenoxy) is 1. The van der Waals surface area contributed by atoms with Gasteiger partial charge in [-0.25, -0.2) is 18.2 Å². The van der Waals surface area contributed by atoms with Crippen molar-refractivity contribution in [3.63, 3.8) is 0 Å². The fourth-order valence-electron chi connectivity index (χ4n) is 3.02. The van der Waals surface area contributed by atoms with Crippen LogP contribution in [0.3, 0.4) is 0 Å². The summed E-state index contributed by atoms with van der Waals surface area (Å²) in [4.78, 5) is 12.6. The summed E-state index contributed by atoms with van der Waals surface area (Å²) >= 11 is 0. The molecule has 1 amide bonds. The fourth-order valence-corrected chi connectivity index (χ4v) is 4.44. The van der Waals surface area contributed by atoms with Crippen LogP contribution in [0.4, 0.5) is 10.1 Å². The second-order valence-electron chi connectivity index (χ2n) is 8.37. The number of carbonyl (C=O) groups excluding carboxylic acids is 1. The van der Waals surface area contributed by atoms with Gasteiger partial charge in [-0.05, 0) is 79.1 Å². The molecule has 0 spiro atoms. The van der Waals surface area contributed by atoms with Gasteiger partial charge in [0.05, 0.1) is 23.4 Å². The maximum absolute atomic E-state index is 13.4. The van der Waals surface area contributed by atoms with E-state index in [0.29, 0.717) is 12.5 Å². The van der Waals surface area contributed by atoms with Gasteiger partial charge in [0.25, 0.3) is 15.9 Å². The van der Waals surface area contributed by atoms with Gasteiger partial charge in [0.1, 0.15) is 18.1 Å². The minimum absolute atomic E-state index is 0.0171. The molecule has 0 aliphatic carbocycles. The average molecular weight is 498 g/mol. The number of nitrogens with zero attached hydrogens (tertiary/aromatic N) is 2. The molecule has 0 atom stereocenters. The van der Waals surface area contributed by atoms with Crippen molar-refractivity contribution < 1.29 is 22.3 Å². The first-order valence-electron chi connectivity index (χ1n) is 11.0. The Balaban J connectivity index is 1.72. The number of sulfonamides is 1. The highest BCUT2D eigenvalue weighted by Gasteiger charge is 2.27. The number of amides is 1. The van der Waals surface area contributed by atoms with E-state index in [2.05, 4.69) is 24.4 Å². The lowest BCUT2D eigenvalue weighted by Gasteiger charge is -2.23. The number of anilines is 1. The highest BCUT2D eigenvalue weighted by Crippen LogP contribution is 2.24. The monoisotopic (exact) mass is 497 g/mol. The zero-order valence-electron chi connectivity index (χ0n) is 19.8. The molecular weight excluding hydrogens is 469 g/mol. The zero-order valence-corrected chi connectivity index (χ0v) is 20.6. The lowest BCUT2D eigenvalue weighted by Crippen LogP contribution is -2.39. The predicted octanol–water partition coefficient (Wildman–Crippen LogP) is 4.51. The van der Waals surface area contributed by atoms with Gasteiger partial charge in [-0.3, -0.25) is 9.10 Å². The molecule has 0 saturated heterocycles. The molecule has 35 heavy (non-hydrogen) atoms. The highest BCUT2D eigenvalue weighted by molar-refractivity contribution is 7.92. The summed E-state index contributed by atoms with van der Waals surface area (Å²) in [6, 6.07) is 18.3. The van der Waals surface area contributed by atoms with Gasteiger partial charge in [-0.15, -0.1) is 0 Å². The minimum Gasteiger partial charge on any atom is -0.493 e. The summed E-state index contributed by atoms with van der Waals surface area (Å²) in [6.45, 7) is 6.03. The van der Waals surface area contributed by atoms with Crippen LogP contribution in [0.15, 0.2) is 82.8 Å². The van der Waals surface area contributed by atoms with Crippen molar-refractivity contribution in [1.82, 2.24) is 5.43 Å². The molecule has 7 nitrogen and oxygen atoms in total. The Kier molecular flexibility index (Phi) is 8.59. The number of benzene rings is 3. The summed E-state index contributed by atoms with van der Waals surface area (Å²) in [5.74, 6) is -0.0267. The molecule has 0 bridgehead atoms. The summed E-state index contributed by atoms with van der Waals surface area (Å²) in [7, 11) is -4.09. The third kappa shape index (κ3) is 7.38. The molecule has 0 aromatic heterocycles. The molecule has 3 aromatic rings. The second kappa shape index (κ2) is 11.6. The largest absolute Gasteiger partial charge is 0.493 e. The topological polar surface area (TPSA) is 88.1 Å². The van der Waals surface area contributed by atoms with E-state index in [1.807, 2.05) is 6.92 Å². The van der Waals surface area contributed by atoms with Crippen LogP contribution >= 0.6 is 0 Å². The van der Waals surface area contributed by atoms with Crippen LogP contribution in [0.1, 0.15) is 25.0 Å². The first kappa shape index (κ1) is 25.9. The number of aryl methyl sites for hydroxylation is 1. The number of halogens is 1. The van der Waals surface area contributed by atoms with Gasteiger partial charge in [-0.2, -0.15) is 5.10 Å². The van der Waals surface area contributed by atoms with E-state index in [1.54, 1.807) is 36.4 Å². The van der Waals surface area contributed by atoms with Crippen molar-refractivity contribution in [3.8, 4) is 5.75 Å². The van der Waals surface area contributed by atoms with Crippen LogP contribution in [0.5, 0.6) is 5.75 Å². The Morgan fingerprint density at radius 2 is 1.66 bits per heavy atom. The molecule has 0 radical (unpaired) electrons. The lowest BCUT2D eigenvalue weighted by atomic mass is 10.2. The molecule has 0 heterocycles. The van der Waals surface area contributed by atoms with Crippen molar-refractivity contribution in [2.75, 3.05) is 17.5 Å². The molecule has 184 valence electrons. The van der Waals surface area contributed by atoms with Crippen molar-refractivity contribution in [2.24, 2.45) is 11.0 Å². The number of rotatable bonds is 10. The number of hydrogen-bond donors (Lipinski definition) is 1. The molecule has 9 heteroatoms. The molecule has 1 N–H and O–H groups in total. The van der Waals surface area contributed by atoms with Crippen LogP contribution in [0.2, 0.25) is 0 Å². The van der Waals surface area contributed by atoms with E-state index >= 15 is 0 Å². The molecule has 3 rings (SSSR count). The molecule has 0 aliphatic rings. The van der Waals surface area contributed by atoms with E-state index in [0.717, 1.165) is 33.3 Å². The number of hydrazone groups is 1. The number of carbonyl (C=O) groups is 1. The third-order valence-electron chi connectivity index (χ3n) is 4.88. The van der Waals surface area contributed by atoms with Crippen molar-refractivity contribution in [1.29, 1.82) is 0 Å². The molecule has 0 aliphatic heterocycles. The molecule has 0 unspecified atom stereocenters. The van der Waals surface area contributed by atoms with Crippen molar-refractivity contribution >= 4 is 27.8 Å². The first-order valence-corrected chi connectivity index (χ1v) is 12.5. The second-order valence-corrected chi connectivity index (χ2v) is 10.2. The number of hydrogen-bond acceptors (Lipinski definition) is 5. The van der Waals surface area contributed by atoms with E-state index in [-0.39, 0.29) is 10.6 Å². The van der Waals surface area contributed by atoms with Gasteiger partial charge >= 0.3 is 0 Å². The number of nitrogens with one attached hydrogen (secondary N) is 1. The Hall–Kier alpha value is -3.72. The van der Waals surface area contributed by atoms with Gasteiger partial charge in [0.15, 0.2) is 0 Å². The van der Waals surface area contributed by atoms with Gasteiger partial charge in [0, 0.05) is 0 Å². The molecule has 0 fully saturated rings. The first-order chi connectivity index (χ1) is 16.6. The quantitative estimate of drug-likeness (QED) is 0.330. The van der Waals surface area contributed by atoms with Crippen LogP contribution in [0.25, 0.3) is 0 Å². The summed E-state index contributed by atoms with van der Waals surface area (Å²) in [6.07, 6.45) is 1.45. The van der Waals surface area contributed by atoms with E-state index in [1.165, 1.54) is 30.5 Å². The van der Waals surface area contributed by atoms with Crippen LogP contribution in [-0.2, 0) is 14.8 Å².